The average molecular weight is 457 g/mol. The molecule has 0 aromatic carbocycles. The highest BCUT2D eigenvalue weighted by Crippen LogP contribution is 2.13. The summed E-state index contributed by atoms with van der Waals surface area (Å²) >= 11 is 0. The number of nitrogens with two attached hydrogens (primary N) is 1. The lowest BCUT2D eigenvalue weighted by molar-refractivity contribution is 0.505. The largest absolute Gasteiger partial charge is 0.330 e. The molecule has 0 aromatic rings. The summed E-state index contributed by atoms with van der Waals surface area (Å²) in [6.45, 7) is 3.16. The highest BCUT2D eigenvalue weighted by molar-refractivity contribution is 14.0. The number of hydrogen-bond donors (Lipinski definition) is 1. The molecular formula is C21H49IN2. The molecule has 0 aliphatic rings. The summed E-state index contributed by atoms with van der Waals surface area (Å²) in [6.07, 6.45) is 22.9. The Morgan fingerprint density at radius 3 is 0.917 bits per heavy atom. The van der Waals surface area contributed by atoms with Crippen molar-refractivity contribution >= 4 is 24.0 Å². The van der Waals surface area contributed by atoms with E-state index in [1.165, 1.54) is 103 Å². The lowest BCUT2D eigenvalue weighted by atomic mass is 10.0. The van der Waals surface area contributed by atoms with Crippen LogP contribution in [0.25, 0.3) is 0 Å². The maximum absolute atomic E-state index is 5.48. The van der Waals surface area contributed by atoms with Gasteiger partial charge >= 0.3 is 0 Å². The van der Waals surface area contributed by atoms with E-state index >= 15 is 0 Å². The number of unbranched alkanes of at least 4 members (excludes halogenated alkanes) is 15. The molecule has 2 N–H and O–H groups in total. The minimum absolute atomic E-state index is 0. The molecule has 0 aromatic heterocycles. The molecule has 0 fully saturated rings. The van der Waals surface area contributed by atoms with Crippen LogP contribution in [0, 0.1) is 0 Å². The first kappa shape index (κ1) is 29.4. The van der Waals surface area contributed by atoms with E-state index < -0.39 is 0 Å². The Morgan fingerprint density at radius 2 is 0.708 bits per heavy atom. The molecule has 150 valence electrons. The summed E-state index contributed by atoms with van der Waals surface area (Å²) in [5, 5.41) is 0. The summed E-state index contributed by atoms with van der Waals surface area (Å²) in [6, 6.07) is 0. The van der Waals surface area contributed by atoms with Crippen LogP contribution < -0.4 is 5.73 Å². The van der Waals surface area contributed by atoms with E-state index in [2.05, 4.69) is 6.92 Å². The molecule has 0 spiro atoms. The van der Waals surface area contributed by atoms with E-state index in [-0.39, 0.29) is 24.0 Å². The van der Waals surface area contributed by atoms with Gasteiger partial charge in [-0.3, -0.25) is 0 Å². The topological polar surface area (TPSA) is 29.3 Å². The van der Waals surface area contributed by atoms with E-state index in [0.717, 1.165) is 6.54 Å². The van der Waals surface area contributed by atoms with Crippen LogP contribution in [0.4, 0.5) is 0 Å². The third-order valence-electron chi connectivity index (χ3n) is 4.06. The van der Waals surface area contributed by atoms with Crippen LogP contribution in [-0.4, -0.2) is 32.6 Å². The maximum atomic E-state index is 5.48. The van der Waals surface area contributed by atoms with Gasteiger partial charge < -0.3 is 10.6 Å². The molecule has 0 bridgehead atoms. The lowest BCUT2D eigenvalue weighted by Gasteiger charge is -2.03. The van der Waals surface area contributed by atoms with Gasteiger partial charge in [0, 0.05) is 0 Å². The van der Waals surface area contributed by atoms with Crippen LogP contribution in [-0.2, 0) is 0 Å². The highest BCUT2D eigenvalue weighted by Gasteiger charge is 1.94. The van der Waals surface area contributed by atoms with E-state index in [0.29, 0.717) is 0 Å². The van der Waals surface area contributed by atoms with Crippen molar-refractivity contribution in [1.82, 2.24) is 4.90 Å². The van der Waals surface area contributed by atoms with E-state index in [1.54, 1.807) is 0 Å². The number of hydrogen-bond acceptors (Lipinski definition) is 2. The fourth-order valence-electron chi connectivity index (χ4n) is 2.69. The van der Waals surface area contributed by atoms with Gasteiger partial charge in [-0.2, -0.15) is 0 Å². The second-order valence-corrected chi connectivity index (χ2v) is 7.43. The van der Waals surface area contributed by atoms with Gasteiger partial charge in [0.1, 0.15) is 0 Å². The van der Waals surface area contributed by atoms with Crippen molar-refractivity contribution < 1.29 is 0 Å². The molecule has 0 aliphatic heterocycles. The van der Waals surface area contributed by atoms with E-state index in [4.69, 9.17) is 5.73 Å². The zero-order chi connectivity index (χ0) is 17.6. The van der Waals surface area contributed by atoms with Crippen LogP contribution >= 0.6 is 24.0 Å². The smallest absolute Gasteiger partial charge is 0.00773 e. The first-order chi connectivity index (χ1) is 11.1. The maximum Gasteiger partial charge on any atom is -0.00773 e. The number of rotatable bonds is 16. The van der Waals surface area contributed by atoms with E-state index in [9.17, 15) is 0 Å². The normalized spacial score (nSPS) is 10.2. The van der Waals surface area contributed by atoms with Crippen molar-refractivity contribution in [2.75, 3.05) is 27.7 Å². The molecule has 0 aliphatic carbocycles. The zero-order valence-electron chi connectivity index (χ0n) is 17.5. The van der Waals surface area contributed by atoms with Crippen LogP contribution in [0.2, 0.25) is 0 Å². The Hall–Kier alpha value is 0.650. The molecule has 0 heterocycles. The van der Waals surface area contributed by atoms with Crippen molar-refractivity contribution in [2.24, 2.45) is 5.73 Å². The summed E-state index contributed by atoms with van der Waals surface area (Å²) in [7, 11) is 6.00. The second-order valence-electron chi connectivity index (χ2n) is 7.43. The van der Waals surface area contributed by atoms with Crippen LogP contribution in [0.3, 0.4) is 0 Å². The molecule has 0 rings (SSSR count). The third kappa shape index (κ3) is 38.3. The quantitative estimate of drug-likeness (QED) is 0.200. The van der Waals surface area contributed by atoms with Gasteiger partial charge in [-0.25, -0.2) is 0 Å². The van der Waals surface area contributed by atoms with Crippen LogP contribution in [0.1, 0.15) is 110 Å². The monoisotopic (exact) mass is 456 g/mol. The molecule has 3 heteroatoms. The molecule has 0 atom stereocenters. The third-order valence-corrected chi connectivity index (χ3v) is 4.06. The lowest BCUT2D eigenvalue weighted by Crippen LogP contribution is -1.99. The average Bonchev–Trinajstić information content (AvgIpc) is 2.50. The minimum atomic E-state index is 0. The Bertz CT molecular complexity index is 168. The van der Waals surface area contributed by atoms with Crippen molar-refractivity contribution in [2.45, 2.75) is 110 Å². The van der Waals surface area contributed by atoms with Crippen LogP contribution in [0.15, 0.2) is 0 Å². The Labute approximate surface area is 171 Å². The summed E-state index contributed by atoms with van der Waals surface area (Å²) in [5.74, 6) is 0. The summed E-state index contributed by atoms with van der Waals surface area (Å²) < 4.78 is 0. The Balaban J connectivity index is -0.000000787. The minimum Gasteiger partial charge on any atom is -0.330 e. The molecule has 0 radical (unpaired) electrons. The Morgan fingerprint density at radius 1 is 0.500 bits per heavy atom. The van der Waals surface area contributed by atoms with Gasteiger partial charge in [0.25, 0.3) is 0 Å². The van der Waals surface area contributed by atoms with Crippen LogP contribution in [0.5, 0.6) is 0 Å². The fourth-order valence-corrected chi connectivity index (χ4v) is 2.69. The number of nitrogens with zero attached hydrogens (tertiary/aromatic N) is 1. The number of halogens is 1. The van der Waals surface area contributed by atoms with Gasteiger partial charge in [-0.1, -0.05) is 103 Å². The van der Waals surface area contributed by atoms with Crippen molar-refractivity contribution in [3.05, 3.63) is 0 Å². The van der Waals surface area contributed by atoms with E-state index in [1.807, 2.05) is 26.0 Å². The van der Waals surface area contributed by atoms with Gasteiger partial charge in [0.15, 0.2) is 0 Å². The SMILES string of the molecule is CCCCCCCCCCCCCCCCCCN.CN(C)C.I. The van der Waals surface area contributed by atoms with Crippen molar-refractivity contribution in [3.63, 3.8) is 0 Å². The molecule has 0 amide bonds. The zero-order valence-corrected chi connectivity index (χ0v) is 19.8. The van der Waals surface area contributed by atoms with Crippen molar-refractivity contribution in [3.8, 4) is 0 Å². The predicted molar refractivity (Wildman–Crippen MR) is 124 cm³/mol. The molecule has 0 unspecified atom stereocenters. The molecule has 0 saturated heterocycles. The first-order valence-electron chi connectivity index (χ1n) is 10.5. The van der Waals surface area contributed by atoms with Crippen molar-refractivity contribution in [1.29, 1.82) is 0 Å². The predicted octanol–water partition coefficient (Wildman–Crippen LogP) is 7.00. The fraction of sp³-hybridized carbons (Fsp3) is 1.00. The summed E-state index contributed by atoms with van der Waals surface area (Å²) in [4.78, 5) is 2.00. The summed E-state index contributed by atoms with van der Waals surface area (Å²) in [5.41, 5.74) is 5.48. The molecule has 0 saturated carbocycles. The standard InChI is InChI=1S/C18H39N.C3H9N.HI/c1-2-3-4-5-6-7-8-9-10-11-12-13-14-15-16-17-18-19;1-4(2)3;/h2-19H2,1H3;1-3H3;1H. The van der Waals surface area contributed by atoms with Gasteiger partial charge in [-0.05, 0) is 34.1 Å². The van der Waals surface area contributed by atoms with Gasteiger partial charge in [-0.15, -0.1) is 24.0 Å². The highest BCUT2D eigenvalue weighted by atomic mass is 127. The molecule has 24 heavy (non-hydrogen) atoms. The van der Waals surface area contributed by atoms with Gasteiger partial charge in [0.05, 0.1) is 0 Å². The second kappa shape index (κ2) is 28.5. The Kier molecular flexibility index (Phi) is 34.9. The molecular weight excluding hydrogens is 407 g/mol. The molecule has 2 nitrogen and oxygen atoms in total. The first-order valence-corrected chi connectivity index (χ1v) is 10.5. The van der Waals surface area contributed by atoms with Gasteiger partial charge in [0.2, 0.25) is 0 Å².